The Balaban J connectivity index is 2.02. The summed E-state index contributed by atoms with van der Waals surface area (Å²) in [7, 11) is 0. The number of halogens is 1. The molecule has 0 bridgehead atoms. The average Bonchev–Trinajstić information content (AvgIpc) is 2.48. The van der Waals surface area contributed by atoms with Crippen molar-refractivity contribution >= 4 is 29.1 Å². The molecule has 0 spiro atoms. The van der Waals surface area contributed by atoms with Crippen LogP contribution in [0.5, 0.6) is 0 Å². The SMILES string of the molecule is CC(C)(C)C(=O)N1CCCC(C(=O)Nc2ccccc2Cl)C1. The van der Waals surface area contributed by atoms with Gasteiger partial charge in [-0.25, -0.2) is 0 Å². The minimum absolute atomic E-state index is 0.0699. The second kappa shape index (κ2) is 6.69. The number of benzene rings is 1. The average molecular weight is 323 g/mol. The van der Waals surface area contributed by atoms with Gasteiger partial charge in [-0.15, -0.1) is 0 Å². The van der Waals surface area contributed by atoms with Gasteiger partial charge in [0.2, 0.25) is 11.8 Å². The summed E-state index contributed by atoms with van der Waals surface area (Å²) in [6.07, 6.45) is 1.65. The summed E-state index contributed by atoms with van der Waals surface area (Å²) in [6.45, 7) is 6.92. The van der Waals surface area contributed by atoms with Crippen LogP contribution < -0.4 is 5.32 Å². The van der Waals surface area contributed by atoms with Crippen LogP contribution in [-0.4, -0.2) is 29.8 Å². The van der Waals surface area contributed by atoms with E-state index in [-0.39, 0.29) is 17.7 Å². The summed E-state index contributed by atoms with van der Waals surface area (Å²) in [5.41, 5.74) is 0.203. The number of hydrogen-bond acceptors (Lipinski definition) is 2. The summed E-state index contributed by atoms with van der Waals surface area (Å²) in [4.78, 5) is 26.6. The summed E-state index contributed by atoms with van der Waals surface area (Å²) < 4.78 is 0. The molecule has 1 aliphatic heterocycles. The molecule has 1 aliphatic rings. The van der Waals surface area contributed by atoms with E-state index in [1.807, 2.05) is 32.9 Å². The van der Waals surface area contributed by atoms with E-state index in [2.05, 4.69) is 5.32 Å². The first-order valence-electron chi connectivity index (χ1n) is 7.64. The molecule has 0 saturated carbocycles. The zero-order valence-corrected chi connectivity index (χ0v) is 14.1. The van der Waals surface area contributed by atoms with Crippen molar-refractivity contribution in [3.05, 3.63) is 29.3 Å². The normalized spacial score (nSPS) is 18.9. The lowest BCUT2D eigenvalue weighted by Gasteiger charge is -2.35. The molecule has 1 aromatic rings. The van der Waals surface area contributed by atoms with Gasteiger partial charge in [-0.05, 0) is 25.0 Å². The van der Waals surface area contributed by atoms with Crippen molar-refractivity contribution in [2.24, 2.45) is 11.3 Å². The minimum atomic E-state index is -0.416. The third kappa shape index (κ3) is 4.01. The molecule has 0 aromatic heterocycles. The standard InChI is InChI=1S/C17H23ClN2O2/c1-17(2,3)16(22)20-10-6-7-12(11-20)15(21)19-14-9-5-4-8-13(14)18/h4-5,8-9,12H,6-7,10-11H2,1-3H3,(H,19,21). The van der Waals surface area contributed by atoms with Crippen LogP contribution in [0.4, 0.5) is 5.69 Å². The Bertz CT molecular complexity index is 566. The Morgan fingerprint density at radius 1 is 1.27 bits per heavy atom. The van der Waals surface area contributed by atoms with Gasteiger partial charge in [-0.1, -0.05) is 44.5 Å². The van der Waals surface area contributed by atoms with E-state index in [1.165, 1.54) is 0 Å². The number of likely N-dealkylation sites (tertiary alicyclic amines) is 1. The van der Waals surface area contributed by atoms with Crippen LogP contribution in [0.2, 0.25) is 5.02 Å². The van der Waals surface area contributed by atoms with E-state index >= 15 is 0 Å². The summed E-state index contributed by atoms with van der Waals surface area (Å²) >= 11 is 6.07. The van der Waals surface area contributed by atoms with Gasteiger partial charge in [-0.3, -0.25) is 9.59 Å². The van der Waals surface area contributed by atoms with Crippen LogP contribution in [0.1, 0.15) is 33.6 Å². The molecule has 1 heterocycles. The number of carbonyl (C=O) groups is 2. The van der Waals surface area contributed by atoms with Crippen molar-refractivity contribution in [1.29, 1.82) is 0 Å². The highest BCUT2D eigenvalue weighted by Gasteiger charge is 2.33. The molecule has 1 saturated heterocycles. The highest BCUT2D eigenvalue weighted by atomic mass is 35.5. The molecular formula is C17H23ClN2O2. The molecule has 2 amide bonds. The zero-order chi connectivity index (χ0) is 16.3. The van der Waals surface area contributed by atoms with Crippen LogP contribution >= 0.6 is 11.6 Å². The van der Waals surface area contributed by atoms with Crippen molar-refractivity contribution < 1.29 is 9.59 Å². The topological polar surface area (TPSA) is 49.4 Å². The van der Waals surface area contributed by atoms with Crippen molar-refractivity contribution in [1.82, 2.24) is 4.90 Å². The fourth-order valence-electron chi connectivity index (χ4n) is 2.65. The molecule has 1 aromatic carbocycles. The second-order valence-electron chi connectivity index (χ2n) is 6.81. The van der Waals surface area contributed by atoms with Crippen molar-refractivity contribution in [3.8, 4) is 0 Å². The smallest absolute Gasteiger partial charge is 0.229 e. The van der Waals surface area contributed by atoms with Crippen LogP contribution in [0.3, 0.4) is 0 Å². The lowest BCUT2D eigenvalue weighted by Crippen LogP contribution is -2.47. The van der Waals surface area contributed by atoms with Gasteiger partial charge in [-0.2, -0.15) is 0 Å². The number of nitrogens with one attached hydrogen (secondary N) is 1. The molecule has 5 heteroatoms. The molecule has 4 nitrogen and oxygen atoms in total. The fraction of sp³-hybridized carbons (Fsp3) is 0.529. The third-order valence-electron chi connectivity index (χ3n) is 3.85. The Morgan fingerprint density at radius 3 is 2.59 bits per heavy atom. The van der Waals surface area contributed by atoms with E-state index in [4.69, 9.17) is 11.6 Å². The lowest BCUT2D eigenvalue weighted by molar-refractivity contribution is -0.142. The number of carbonyl (C=O) groups excluding carboxylic acids is 2. The highest BCUT2D eigenvalue weighted by Crippen LogP contribution is 2.26. The van der Waals surface area contributed by atoms with E-state index in [9.17, 15) is 9.59 Å². The van der Waals surface area contributed by atoms with Crippen molar-refractivity contribution in [2.45, 2.75) is 33.6 Å². The maximum atomic E-state index is 12.4. The molecule has 1 atom stereocenters. The second-order valence-corrected chi connectivity index (χ2v) is 7.22. The predicted molar refractivity (Wildman–Crippen MR) is 88.8 cm³/mol. The van der Waals surface area contributed by atoms with Gasteiger partial charge in [0.15, 0.2) is 0 Å². The molecule has 22 heavy (non-hydrogen) atoms. The Hall–Kier alpha value is -1.55. The third-order valence-corrected chi connectivity index (χ3v) is 4.18. The van der Waals surface area contributed by atoms with E-state index < -0.39 is 5.41 Å². The van der Waals surface area contributed by atoms with Crippen LogP contribution in [-0.2, 0) is 9.59 Å². The number of amides is 2. The number of rotatable bonds is 2. The minimum Gasteiger partial charge on any atom is -0.341 e. The van der Waals surface area contributed by atoms with Gasteiger partial charge in [0.05, 0.1) is 16.6 Å². The molecule has 0 aliphatic carbocycles. The molecule has 2 rings (SSSR count). The number of anilines is 1. The first-order chi connectivity index (χ1) is 10.3. The summed E-state index contributed by atoms with van der Waals surface area (Å²) in [6, 6.07) is 7.18. The van der Waals surface area contributed by atoms with Crippen LogP contribution in [0.25, 0.3) is 0 Å². The van der Waals surface area contributed by atoms with Gasteiger partial charge < -0.3 is 10.2 Å². The van der Waals surface area contributed by atoms with Crippen LogP contribution in [0, 0.1) is 11.3 Å². The van der Waals surface area contributed by atoms with Gasteiger partial charge >= 0.3 is 0 Å². The maximum Gasteiger partial charge on any atom is 0.229 e. The molecule has 120 valence electrons. The molecule has 0 radical (unpaired) electrons. The van der Waals surface area contributed by atoms with Gasteiger partial charge in [0.1, 0.15) is 0 Å². The predicted octanol–water partition coefficient (Wildman–Crippen LogP) is 3.56. The Morgan fingerprint density at radius 2 is 1.95 bits per heavy atom. The van der Waals surface area contributed by atoms with E-state index in [0.29, 0.717) is 17.3 Å². The first-order valence-corrected chi connectivity index (χ1v) is 8.01. The number of piperidine rings is 1. The maximum absolute atomic E-state index is 12.4. The summed E-state index contributed by atoms with van der Waals surface area (Å²) in [5, 5.41) is 3.39. The number of para-hydroxylation sites is 1. The van der Waals surface area contributed by atoms with E-state index in [1.54, 1.807) is 17.0 Å². The molecule has 1 N–H and O–H groups in total. The Kier molecular flexibility index (Phi) is 5.12. The number of hydrogen-bond donors (Lipinski definition) is 1. The number of nitrogens with zero attached hydrogens (tertiary/aromatic N) is 1. The highest BCUT2D eigenvalue weighted by molar-refractivity contribution is 6.33. The van der Waals surface area contributed by atoms with Crippen LogP contribution in [0.15, 0.2) is 24.3 Å². The van der Waals surface area contributed by atoms with Crippen molar-refractivity contribution in [2.75, 3.05) is 18.4 Å². The summed E-state index contributed by atoms with van der Waals surface area (Å²) in [5.74, 6) is -0.154. The van der Waals surface area contributed by atoms with Gasteiger partial charge in [0, 0.05) is 18.5 Å². The first kappa shape index (κ1) is 16.8. The quantitative estimate of drug-likeness (QED) is 0.905. The lowest BCUT2D eigenvalue weighted by atomic mass is 9.91. The molecular weight excluding hydrogens is 300 g/mol. The van der Waals surface area contributed by atoms with E-state index in [0.717, 1.165) is 19.4 Å². The van der Waals surface area contributed by atoms with Gasteiger partial charge in [0.25, 0.3) is 0 Å². The molecule has 1 unspecified atom stereocenters. The monoisotopic (exact) mass is 322 g/mol. The fourth-order valence-corrected chi connectivity index (χ4v) is 2.83. The zero-order valence-electron chi connectivity index (χ0n) is 13.4. The van der Waals surface area contributed by atoms with Crippen molar-refractivity contribution in [3.63, 3.8) is 0 Å². The Labute approximate surface area is 136 Å². The molecule has 1 fully saturated rings. The largest absolute Gasteiger partial charge is 0.341 e.